The van der Waals surface area contributed by atoms with E-state index in [4.69, 9.17) is 0 Å². The first kappa shape index (κ1) is 10.2. The molecule has 1 aliphatic rings. The summed E-state index contributed by atoms with van der Waals surface area (Å²) >= 11 is 0. The molecule has 0 bridgehead atoms. The smallest absolute Gasteiger partial charge is 0.0753 e. The van der Waals surface area contributed by atoms with Gasteiger partial charge in [0, 0.05) is 19.8 Å². The molecular formula is C13H18N2. The van der Waals surface area contributed by atoms with Crippen molar-refractivity contribution in [2.24, 2.45) is 0 Å². The maximum Gasteiger partial charge on any atom is 0.0753 e. The van der Waals surface area contributed by atoms with Gasteiger partial charge in [-0.3, -0.25) is 4.90 Å². The monoisotopic (exact) mass is 202 g/mol. The molecular weight excluding hydrogens is 184 g/mol. The van der Waals surface area contributed by atoms with Crippen LogP contribution in [-0.4, -0.2) is 38.0 Å². The van der Waals surface area contributed by atoms with Crippen LogP contribution in [0.3, 0.4) is 0 Å². The average molecular weight is 202 g/mol. The zero-order valence-corrected chi connectivity index (χ0v) is 9.86. The molecule has 0 spiro atoms. The van der Waals surface area contributed by atoms with Gasteiger partial charge in [0.1, 0.15) is 0 Å². The van der Waals surface area contributed by atoms with E-state index < -0.39 is 0 Å². The normalized spacial score (nSPS) is 19.0. The van der Waals surface area contributed by atoms with Gasteiger partial charge in [-0.15, -0.1) is 0 Å². The second kappa shape index (κ2) is 3.70. The molecule has 2 rings (SSSR count). The zero-order valence-electron chi connectivity index (χ0n) is 9.86. The van der Waals surface area contributed by atoms with Crippen molar-refractivity contribution in [1.29, 1.82) is 0 Å². The predicted molar refractivity (Wildman–Crippen MR) is 64.5 cm³/mol. The third-order valence-corrected chi connectivity index (χ3v) is 2.91. The lowest BCUT2D eigenvalue weighted by Crippen LogP contribution is -2.26. The van der Waals surface area contributed by atoms with E-state index >= 15 is 0 Å². The van der Waals surface area contributed by atoms with E-state index in [-0.39, 0.29) is 0 Å². The van der Waals surface area contributed by atoms with E-state index in [2.05, 4.69) is 68.3 Å². The van der Waals surface area contributed by atoms with E-state index in [0.717, 1.165) is 0 Å². The molecule has 80 valence electrons. The lowest BCUT2D eigenvalue weighted by molar-refractivity contribution is 0.294. The minimum Gasteiger partial charge on any atom is -0.379 e. The van der Waals surface area contributed by atoms with Gasteiger partial charge in [0.25, 0.3) is 0 Å². The lowest BCUT2D eigenvalue weighted by Gasteiger charge is -2.28. The van der Waals surface area contributed by atoms with E-state index in [1.54, 1.807) is 0 Å². The Hall–Kier alpha value is -1.28. The molecule has 1 aromatic carbocycles. The summed E-state index contributed by atoms with van der Waals surface area (Å²) in [5.41, 5.74) is 4.12. The van der Waals surface area contributed by atoms with E-state index in [1.165, 1.54) is 16.8 Å². The topological polar surface area (TPSA) is 6.48 Å². The number of benzene rings is 1. The second-order valence-electron chi connectivity index (χ2n) is 4.46. The summed E-state index contributed by atoms with van der Waals surface area (Å²) in [6, 6.07) is 9.01. The first-order valence-electron chi connectivity index (χ1n) is 5.25. The fourth-order valence-electron chi connectivity index (χ4n) is 2.21. The van der Waals surface area contributed by atoms with Crippen LogP contribution in [0.15, 0.2) is 30.0 Å². The quantitative estimate of drug-likeness (QED) is 0.725. The summed E-state index contributed by atoms with van der Waals surface area (Å²) in [5, 5.41) is 0. The molecule has 0 amide bonds. The maximum atomic E-state index is 2.28. The maximum absolute atomic E-state index is 2.28. The van der Waals surface area contributed by atoms with Gasteiger partial charge in [-0.1, -0.05) is 24.3 Å². The summed E-state index contributed by atoms with van der Waals surface area (Å²) in [4.78, 5) is 4.46. The molecule has 1 atom stereocenters. The van der Waals surface area contributed by atoms with Crippen LogP contribution in [0.1, 0.15) is 17.2 Å². The van der Waals surface area contributed by atoms with Crippen LogP contribution in [0.2, 0.25) is 0 Å². The molecule has 2 nitrogen and oxygen atoms in total. The molecule has 2 heteroatoms. The minimum atomic E-state index is 0.399. The zero-order chi connectivity index (χ0) is 11.0. The first-order valence-corrected chi connectivity index (χ1v) is 5.25. The van der Waals surface area contributed by atoms with Crippen LogP contribution in [0.5, 0.6) is 0 Å². The predicted octanol–water partition coefficient (Wildman–Crippen LogP) is 2.21. The van der Waals surface area contributed by atoms with Gasteiger partial charge in [-0.05, 0) is 31.3 Å². The summed E-state index contributed by atoms with van der Waals surface area (Å²) in [6.45, 7) is 0. The van der Waals surface area contributed by atoms with Gasteiger partial charge >= 0.3 is 0 Å². The molecule has 0 N–H and O–H groups in total. The van der Waals surface area contributed by atoms with Crippen molar-refractivity contribution in [2.75, 3.05) is 28.2 Å². The number of fused-ring (bicyclic) bond motifs is 1. The van der Waals surface area contributed by atoms with Crippen LogP contribution in [0.4, 0.5) is 0 Å². The van der Waals surface area contributed by atoms with Gasteiger partial charge in [0.15, 0.2) is 0 Å². The summed E-state index contributed by atoms with van der Waals surface area (Å²) in [5.74, 6) is 0. The third-order valence-electron chi connectivity index (χ3n) is 2.91. The number of nitrogens with zero attached hydrogens (tertiary/aromatic N) is 2. The Morgan fingerprint density at radius 3 is 2.27 bits per heavy atom. The summed E-state index contributed by atoms with van der Waals surface area (Å²) < 4.78 is 0. The molecule has 15 heavy (non-hydrogen) atoms. The Bertz CT molecular complexity index is 391. The van der Waals surface area contributed by atoms with E-state index in [0.29, 0.717) is 6.04 Å². The number of hydrogen-bond donors (Lipinski definition) is 0. The fourth-order valence-corrected chi connectivity index (χ4v) is 2.21. The van der Waals surface area contributed by atoms with Crippen LogP contribution < -0.4 is 0 Å². The molecule has 0 saturated carbocycles. The largest absolute Gasteiger partial charge is 0.379 e. The molecule has 0 radical (unpaired) electrons. The number of likely N-dealkylation sites (N-methyl/N-ethyl adjacent to an activating group) is 2. The molecule has 0 aromatic heterocycles. The van der Waals surface area contributed by atoms with E-state index in [9.17, 15) is 0 Å². The molecule has 0 aliphatic heterocycles. The van der Waals surface area contributed by atoms with Crippen LogP contribution in [0, 0.1) is 0 Å². The van der Waals surface area contributed by atoms with Gasteiger partial charge < -0.3 is 4.90 Å². The average Bonchev–Trinajstić information content (AvgIpc) is 2.56. The number of hydrogen-bond acceptors (Lipinski definition) is 2. The summed E-state index contributed by atoms with van der Waals surface area (Å²) in [6.07, 6.45) is 2.28. The summed E-state index contributed by atoms with van der Waals surface area (Å²) in [7, 11) is 8.47. The van der Waals surface area contributed by atoms with Crippen molar-refractivity contribution in [2.45, 2.75) is 6.04 Å². The lowest BCUT2D eigenvalue weighted by atomic mass is 10.1. The highest BCUT2D eigenvalue weighted by atomic mass is 15.2. The van der Waals surface area contributed by atoms with Crippen molar-refractivity contribution in [3.8, 4) is 0 Å². The minimum absolute atomic E-state index is 0.399. The highest BCUT2D eigenvalue weighted by Crippen LogP contribution is 2.37. The highest BCUT2D eigenvalue weighted by molar-refractivity contribution is 5.65. The van der Waals surface area contributed by atoms with Gasteiger partial charge in [0.05, 0.1) is 6.04 Å². The Balaban J connectivity index is 2.47. The second-order valence-corrected chi connectivity index (χ2v) is 4.46. The van der Waals surface area contributed by atoms with Gasteiger partial charge in [0.2, 0.25) is 0 Å². The molecule has 1 unspecified atom stereocenters. The first-order chi connectivity index (χ1) is 7.11. The Kier molecular flexibility index (Phi) is 2.53. The Morgan fingerprint density at radius 2 is 1.67 bits per heavy atom. The molecule has 0 fully saturated rings. The van der Waals surface area contributed by atoms with Crippen LogP contribution in [-0.2, 0) is 0 Å². The highest BCUT2D eigenvalue weighted by Gasteiger charge is 2.27. The van der Waals surface area contributed by atoms with Crippen LogP contribution in [0.25, 0.3) is 6.08 Å². The van der Waals surface area contributed by atoms with Gasteiger partial charge in [-0.25, -0.2) is 0 Å². The van der Waals surface area contributed by atoms with Crippen molar-refractivity contribution in [3.63, 3.8) is 0 Å². The van der Waals surface area contributed by atoms with Crippen molar-refractivity contribution in [1.82, 2.24) is 9.80 Å². The number of rotatable bonds is 2. The van der Waals surface area contributed by atoms with Crippen molar-refractivity contribution >= 4 is 6.08 Å². The Morgan fingerprint density at radius 1 is 1.00 bits per heavy atom. The molecule has 0 saturated heterocycles. The van der Waals surface area contributed by atoms with Crippen LogP contribution >= 0.6 is 0 Å². The molecule has 1 aliphatic carbocycles. The Labute approximate surface area is 91.8 Å². The standard InChI is InChI=1S/C13H18N2/c1-14(2)12-9-10-7-5-6-8-11(10)13(12)15(3)4/h5-9,13H,1-4H3. The van der Waals surface area contributed by atoms with E-state index in [1.807, 2.05) is 0 Å². The van der Waals surface area contributed by atoms with Gasteiger partial charge in [-0.2, -0.15) is 0 Å². The van der Waals surface area contributed by atoms with Crippen molar-refractivity contribution in [3.05, 3.63) is 41.1 Å². The molecule has 0 heterocycles. The fraction of sp³-hybridized carbons (Fsp3) is 0.385. The molecule has 1 aromatic rings. The SMILES string of the molecule is CN(C)C1=Cc2ccccc2C1N(C)C. The third kappa shape index (κ3) is 1.65. The van der Waals surface area contributed by atoms with Crippen molar-refractivity contribution < 1.29 is 0 Å².